The standard InChI is InChI=1S/C14H16As2N2/c1-9-7-11(17)3-5-13(9)15-16-14-6-4-12(18)8-10(14)2/h3-8H,17-18H2,1-2H3. The Bertz CT molecular complexity index is 553. The molecule has 0 aliphatic carbocycles. The summed E-state index contributed by atoms with van der Waals surface area (Å²) in [5.41, 5.74) is 15.9. The van der Waals surface area contributed by atoms with Crippen LogP contribution in [0.4, 0.5) is 11.4 Å². The topological polar surface area (TPSA) is 52.0 Å². The number of benzene rings is 2. The van der Waals surface area contributed by atoms with E-state index in [9.17, 15) is 0 Å². The molecule has 0 bridgehead atoms. The van der Waals surface area contributed by atoms with Crippen LogP contribution in [-0.2, 0) is 0 Å². The third-order valence-corrected chi connectivity index (χ3v) is 11.7. The summed E-state index contributed by atoms with van der Waals surface area (Å²) in [6.07, 6.45) is 0. The molecule has 92 valence electrons. The number of nitrogens with two attached hydrogens (primary N) is 2. The van der Waals surface area contributed by atoms with Crippen LogP contribution in [0.5, 0.6) is 0 Å². The van der Waals surface area contributed by atoms with Crippen LogP contribution < -0.4 is 20.2 Å². The third kappa shape index (κ3) is 3.34. The monoisotopic (exact) mass is 362 g/mol. The number of hydrogen-bond donors (Lipinski definition) is 2. The second-order valence-electron chi connectivity index (χ2n) is 4.29. The molecular formula is C14H16As2N2. The summed E-state index contributed by atoms with van der Waals surface area (Å²) in [5.74, 6) is 0. The van der Waals surface area contributed by atoms with E-state index in [0.29, 0.717) is 0 Å². The van der Waals surface area contributed by atoms with Gasteiger partial charge in [0.25, 0.3) is 0 Å². The van der Waals surface area contributed by atoms with E-state index in [4.69, 9.17) is 11.5 Å². The van der Waals surface area contributed by atoms with Crippen LogP contribution in [0.25, 0.3) is 0 Å². The summed E-state index contributed by atoms with van der Waals surface area (Å²) in [4.78, 5) is 0. The Kier molecular flexibility index (Phi) is 4.43. The molecule has 0 unspecified atom stereocenters. The van der Waals surface area contributed by atoms with Crippen LogP contribution in [-0.4, -0.2) is 26.3 Å². The van der Waals surface area contributed by atoms with Gasteiger partial charge in [0.1, 0.15) is 0 Å². The zero-order valence-corrected chi connectivity index (χ0v) is 14.3. The second-order valence-corrected chi connectivity index (χ2v) is 11.5. The number of aryl methyl sites for hydroxylation is 2. The molecular weight excluding hydrogens is 346 g/mol. The van der Waals surface area contributed by atoms with Crippen molar-refractivity contribution in [2.24, 2.45) is 0 Å². The molecule has 0 aromatic heterocycles. The van der Waals surface area contributed by atoms with Gasteiger partial charge >= 0.3 is 119 Å². The first-order chi connectivity index (χ1) is 8.56. The summed E-state index contributed by atoms with van der Waals surface area (Å²) in [5, 5.41) is 0. The molecule has 0 heterocycles. The zero-order valence-electron chi connectivity index (χ0n) is 10.5. The van der Waals surface area contributed by atoms with Crippen LogP contribution in [0.3, 0.4) is 0 Å². The molecule has 0 radical (unpaired) electrons. The van der Waals surface area contributed by atoms with Gasteiger partial charge in [-0.1, -0.05) is 0 Å². The van der Waals surface area contributed by atoms with Crippen molar-refractivity contribution in [2.75, 3.05) is 11.5 Å². The summed E-state index contributed by atoms with van der Waals surface area (Å²) in [6.45, 7) is 4.30. The molecule has 2 aromatic carbocycles. The minimum absolute atomic E-state index is 0.239. The Labute approximate surface area is 119 Å². The first-order valence-corrected chi connectivity index (χ1v) is 12.8. The zero-order chi connectivity index (χ0) is 13.1. The van der Waals surface area contributed by atoms with Crippen LogP contribution in [0.15, 0.2) is 36.4 Å². The average molecular weight is 362 g/mol. The predicted octanol–water partition coefficient (Wildman–Crippen LogP) is 0.742. The molecule has 4 heteroatoms. The molecule has 0 saturated carbocycles. The molecule has 2 aromatic rings. The quantitative estimate of drug-likeness (QED) is 0.612. The van der Waals surface area contributed by atoms with Gasteiger partial charge < -0.3 is 0 Å². The van der Waals surface area contributed by atoms with Gasteiger partial charge in [0.05, 0.1) is 0 Å². The van der Waals surface area contributed by atoms with Crippen molar-refractivity contribution < 1.29 is 0 Å². The van der Waals surface area contributed by atoms with Crippen LogP contribution in [0.2, 0.25) is 0 Å². The fourth-order valence-electron chi connectivity index (χ4n) is 1.69. The maximum atomic E-state index is 5.78. The van der Waals surface area contributed by atoms with Crippen LogP contribution >= 0.6 is 0 Å². The summed E-state index contributed by atoms with van der Waals surface area (Å²) in [6, 6.07) is 12.5. The second kappa shape index (κ2) is 5.86. The predicted molar refractivity (Wildman–Crippen MR) is 82.0 cm³/mol. The van der Waals surface area contributed by atoms with E-state index in [2.05, 4.69) is 38.1 Å². The molecule has 4 N–H and O–H groups in total. The fourth-order valence-corrected chi connectivity index (χ4v) is 10.9. The minimum atomic E-state index is 0.239. The number of rotatable bonds is 2. The molecule has 0 amide bonds. The molecule has 0 fully saturated rings. The van der Waals surface area contributed by atoms with Crippen molar-refractivity contribution in [1.29, 1.82) is 0 Å². The van der Waals surface area contributed by atoms with Gasteiger partial charge in [-0.25, -0.2) is 0 Å². The number of nitrogen functional groups attached to an aromatic ring is 2. The van der Waals surface area contributed by atoms with Gasteiger partial charge in [0.15, 0.2) is 0 Å². The number of hydrogen-bond acceptors (Lipinski definition) is 2. The van der Waals surface area contributed by atoms with E-state index in [-0.39, 0.29) is 26.3 Å². The van der Waals surface area contributed by atoms with E-state index in [1.165, 1.54) is 19.8 Å². The number of anilines is 2. The molecule has 2 nitrogen and oxygen atoms in total. The molecule has 0 aliphatic heterocycles. The Morgan fingerprint density at radius 3 is 1.44 bits per heavy atom. The molecule has 0 saturated heterocycles. The normalized spacial score (nSPS) is 11.0. The Balaban J connectivity index is 2.30. The van der Waals surface area contributed by atoms with Crippen molar-refractivity contribution in [3.8, 4) is 0 Å². The first kappa shape index (κ1) is 13.6. The maximum absolute atomic E-state index is 5.78. The van der Waals surface area contributed by atoms with Gasteiger partial charge in [-0.15, -0.1) is 0 Å². The van der Waals surface area contributed by atoms with Gasteiger partial charge in [-0.2, -0.15) is 0 Å². The van der Waals surface area contributed by atoms with Crippen LogP contribution in [0, 0.1) is 13.8 Å². The third-order valence-electron chi connectivity index (χ3n) is 2.71. The molecule has 0 atom stereocenters. The Hall–Kier alpha value is -0.843. The van der Waals surface area contributed by atoms with Gasteiger partial charge in [-0.3, -0.25) is 0 Å². The van der Waals surface area contributed by atoms with E-state index in [1.807, 2.05) is 12.1 Å². The molecule has 0 spiro atoms. The van der Waals surface area contributed by atoms with Gasteiger partial charge in [0.2, 0.25) is 0 Å². The van der Waals surface area contributed by atoms with Crippen molar-refractivity contribution in [2.45, 2.75) is 13.8 Å². The van der Waals surface area contributed by atoms with Crippen LogP contribution in [0.1, 0.15) is 11.1 Å². The van der Waals surface area contributed by atoms with Gasteiger partial charge in [0, 0.05) is 0 Å². The van der Waals surface area contributed by atoms with E-state index < -0.39 is 0 Å². The van der Waals surface area contributed by atoms with E-state index in [1.54, 1.807) is 0 Å². The van der Waals surface area contributed by atoms with Crippen molar-refractivity contribution >= 4 is 46.4 Å². The first-order valence-electron chi connectivity index (χ1n) is 5.70. The van der Waals surface area contributed by atoms with Crippen molar-refractivity contribution in [1.82, 2.24) is 0 Å². The van der Waals surface area contributed by atoms with E-state index >= 15 is 0 Å². The molecule has 2 rings (SSSR count). The molecule has 0 aliphatic rings. The fraction of sp³-hybridized carbons (Fsp3) is 0.143. The van der Waals surface area contributed by atoms with Crippen molar-refractivity contribution in [3.05, 3.63) is 47.5 Å². The summed E-state index contributed by atoms with van der Waals surface area (Å²) in [7, 11) is 0. The van der Waals surface area contributed by atoms with Gasteiger partial charge in [-0.05, 0) is 0 Å². The summed E-state index contributed by atoms with van der Waals surface area (Å²) < 4.78 is 2.99. The Morgan fingerprint density at radius 2 is 1.11 bits per heavy atom. The Morgan fingerprint density at radius 1 is 0.722 bits per heavy atom. The molecule has 18 heavy (non-hydrogen) atoms. The average Bonchev–Trinajstić information content (AvgIpc) is 2.30. The SMILES string of the molecule is Cc1cc(N)ccc1[As]=[As]c1ccc(N)cc1C. The van der Waals surface area contributed by atoms with Crippen molar-refractivity contribution in [3.63, 3.8) is 0 Å². The summed E-state index contributed by atoms with van der Waals surface area (Å²) >= 11 is 0.478. The van der Waals surface area contributed by atoms with E-state index in [0.717, 1.165) is 11.4 Å².